The molecule has 0 aliphatic heterocycles. The van der Waals surface area contributed by atoms with Crippen molar-refractivity contribution in [2.45, 2.75) is 0 Å². The molecule has 3 heteroatoms. The highest BCUT2D eigenvalue weighted by Crippen LogP contribution is 2.28. The van der Waals surface area contributed by atoms with Gasteiger partial charge in [0.05, 0.1) is 4.47 Å². The van der Waals surface area contributed by atoms with E-state index in [1.54, 1.807) is 23.5 Å². The number of halogens is 2. The summed E-state index contributed by atoms with van der Waals surface area (Å²) in [6.07, 6.45) is 0. The molecule has 0 saturated carbocycles. The summed E-state index contributed by atoms with van der Waals surface area (Å²) in [5.41, 5.74) is 1.04. The van der Waals surface area contributed by atoms with Gasteiger partial charge in [-0.1, -0.05) is 12.1 Å². The van der Waals surface area contributed by atoms with Crippen LogP contribution in [0.15, 0.2) is 40.2 Å². The van der Waals surface area contributed by atoms with E-state index in [4.69, 9.17) is 0 Å². The van der Waals surface area contributed by atoms with Crippen molar-refractivity contribution in [1.82, 2.24) is 0 Å². The van der Waals surface area contributed by atoms with Crippen molar-refractivity contribution in [2.75, 3.05) is 0 Å². The summed E-state index contributed by atoms with van der Waals surface area (Å²) in [6.45, 7) is 0. The Labute approximate surface area is 88.2 Å². The fourth-order valence-corrected chi connectivity index (χ4v) is 2.19. The van der Waals surface area contributed by atoms with Gasteiger partial charge in [-0.3, -0.25) is 0 Å². The standard InChI is InChI=1S/C10H6BrFS/c11-8-6-7(3-4-9(8)12)10-2-1-5-13-10/h1-6H. The maximum absolute atomic E-state index is 12.9. The highest BCUT2D eigenvalue weighted by atomic mass is 79.9. The summed E-state index contributed by atoms with van der Waals surface area (Å²) in [5.74, 6) is -0.222. The highest BCUT2D eigenvalue weighted by Gasteiger charge is 2.02. The first-order valence-corrected chi connectivity index (χ1v) is 5.43. The normalized spacial score (nSPS) is 10.3. The van der Waals surface area contributed by atoms with Crippen molar-refractivity contribution < 1.29 is 4.39 Å². The summed E-state index contributed by atoms with van der Waals surface area (Å²) in [4.78, 5) is 1.15. The molecule has 13 heavy (non-hydrogen) atoms. The molecule has 0 radical (unpaired) electrons. The Morgan fingerprint density at radius 3 is 2.69 bits per heavy atom. The van der Waals surface area contributed by atoms with Crippen LogP contribution >= 0.6 is 27.3 Å². The van der Waals surface area contributed by atoms with Crippen LogP contribution in [0.3, 0.4) is 0 Å². The van der Waals surface area contributed by atoms with Crippen LogP contribution in [-0.2, 0) is 0 Å². The van der Waals surface area contributed by atoms with Gasteiger partial charge < -0.3 is 0 Å². The maximum atomic E-state index is 12.9. The minimum Gasteiger partial charge on any atom is -0.206 e. The first-order chi connectivity index (χ1) is 6.27. The molecular formula is C10H6BrFS. The van der Waals surface area contributed by atoms with Crippen molar-refractivity contribution in [3.8, 4) is 10.4 Å². The first-order valence-electron chi connectivity index (χ1n) is 3.76. The van der Waals surface area contributed by atoms with Crippen LogP contribution in [0.5, 0.6) is 0 Å². The molecule has 0 bridgehead atoms. The Balaban J connectivity index is 2.49. The van der Waals surface area contributed by atoms with Gasteiger partial charge >= 0.3 is 0 Å². The lowest BCUT2D eigenvalue weighted by atomic mass is 10.2. The topological polar surface area (TPSA) is 0 Å². The second kappa shape index (κ2) is 3.60. The van der Waals surface area contributed by atoms with Gasteiger partial charge in [-0.15, -0.1) is 11.3 Å². The highest BCUT2D eigenvalue weighted by molar-refractivity contribution is 9.10. The third kappa shape index (κ3) is 1.81. The molecule has 0 fully saturated rings. The quantitative estimate of drug-likeness (QED) is 0.713. The summed E-state index contributed by atoms with van der Waals surface area (Å²) in [5, 5.41) is 2.01. The molecule has 2 rings (SSSR count). The predicted molar refractivity (Wildman–Crippen MR) is 57.4 cm³/mol. The molecule has 0 nitrogen and oxygen atoms in total. The van der Waals surface area contributed by atoms with Crippen LogP contribution in [0, 0.1) is 5.82 Å². The van der Waals surface area contributed by atoms with Gasteiger partial charge in [0.25, 0.3) is 0 Å². The Hall–Kier alpha value is -0.670. The molecule has 0 amide bonds. The Morgan fingerprint density at radius 1 is 1.23 bits per heavy atom. The molecule has 0 N–H and O–H groups in total. The van der Waals surface area contributed by atoms with Crippen LogP contribution in [0.2, 0.25) is 0 Å². The second-order valence-corrected chi connectivity index (χ2v) is 4.41. The van der Waals surface area contributed by atoms with Crippen molar-refractivity contribution in [3.05, 3.63) is 46.0 Å². The van der Waals surface area contributed by atoms with E-state index in [9.17, 15) is 4.39 Å². The lowest BCUT2D eigenvalue weighted by Crippen LogP contribution is -1.77. The molecule has 66 valence electrons. The summed E-state index contributed by atoms with van der Waals surface area (Å²) in [7, 11) is 0. The lowest BCUT2D eigenvalue weighted by Gasteiger charge is -1.98. The average Bonchev–Trinajstić information content (AvgIpc) is 2.62. The number of hydrogen-bond donors (Lipinski definition) is 0. The van der Waals surface area contributed by atoms with Crippen molar-refractivity contribution in [3.63, 3.8) is 0 Å². The second-order valence-electron chi connectivity index (χ2n) is 2.61. The molecule has 1 heterocycles. The van der Waals surface area contributed by atoms with E-state index < -0.39 is 0 Å². The Morgan fingerprint density at radius 2 is 2.08 bits per heavy atom. The minimum absolute atomic E-state index is 0.222. The van der Waals surface area contributed by atoms with E-state index in [0.29, 0.717) is 4.47 Å². The lowest BCUT2D eigenvalue weighted by molar-refractivity contribution is 0.621. The van der Waals surface area contributed by atoms with Crippen molar-refractivity contribution >= 4 is 27.3 Å². The molecule has 0 saturated heterocycles. The van der Waals surface area contributed by atoms with Gasteiger partial charge in [-0.2, -0.15) is 0 Å². The van der Waals surface area contributed by atoms with Crippen LogP contribution in [0.25, 0.3) is 10.4 Å². The van der Waals surface area contributed by atoms with E-state index in [0.717, 1.165) is 10.4 Å². The van der Waals surface area contributed by atoms with E-state index in [1.807, 2.05) is 17.5 Å². The van der Waals surface area contributed by atoms with Gasteiger partial charge in [0.1, 0.15) is 5.82 Å². The molecule has 0 spiro atoms. The number of benzene rings is 1. The first kappa shape index (κ1) is 8.91. The zero-order valence-corrected chi connectivity index (χ0v) is 9.03. The maximum Gasteiger partial charge on any atom is 0.137 e. The zero-order valence-electron chi connectivity index (χ0n) is 6.63. The third-order valence-corrected chi connectivity index (χ3v) is 3.25. The molecule has 0 aliphatic carbocycles. The Bertz CT molecular complexity index is 409. The van der Waals surface area contributed by atoms with Gasteiger partial charge in [-0.25, -0.2) is 4.39 Å². The number of rotatable bonds is 1. The van der Waals surface area contributed by atoms with Crippen LogP contribution in [0.4, 0.5) is 4.39 Å². The molecule has 2 aromatic rings. The molecule has 0 aliphatic rings. The van der Waals surface area contributed by atoms with Crippen LogP contribution in [-0.4, -0.2) is 0 Å². The summed E-state index contributed by atoms with van der Waals surface area (Å²) >= 11 is 4.81. The van der Waals surface area contributed by atoms with Crippen LogP contribution < -0.4 is 0 Å². The van der Waals surface area contributed by atoms with Crippen molar-refractivity contribution in [2.24, 2.45) is 0 Å². The van der Waals surface area contributed by atoms with Gasteiger partial charge in [0.2, 0.25) is 0 Å². The molecule has 1 aromatic carbocycles. The van der Waals surface area contributed by atoms with Gasteiger partial charge in [-0.05, 0) is 45.1 Å². The molecule has 1 aromatic heterocycles. The Kier molecular flexibility index (Phi) is 2.47. The minimum atomic E-state index is -0.222. The molecule has 0 atom stereocenters. The SMILES string of the molecule is Fc1ccc(-c2cccs2)cc1Br. The predicted octanol–water partition coefficient (Wildman–Crippen LogP) is 4.32. The number of hydrogen-bond acceptors (Lipinski definition) is 1. The summed E-state index contributed by atoms with van der Waals surface area (Å²) in [6, 6.07) is 9.05. The van der Waals surface area contributed by atoms with E-state index >= 15 is 0 Å². The smallest absolute Gasteiger partial charge is 0.137 e. The fourth-order valence-electron chi connectivity index (χ4n) is 1.09. The van der Waals surface area contributed by atoms with Crippen LogP contribution in [0.1, 0.15) is 0 Å². The van der Waals surface area contributed by atoms with Gasteiger partial charge in [0.15, 0.2) is 0 Å². The third-order valence-electron chi connectivity index (χ3n) is 1.73. The van der Waals surface area contributed by atoms with Crippen molar-refractivity contribution in [1.29, 1.82) is 0 Å². The van der Waals surface area contributed by atoms with E-state index in [1.165, 1.54) is 6.07 Å². The van der Waals surface area contributed by atoms with E-state index in [2.05, 4.69) is 15.9 Å². The average molecular weight is 257 g/mol. The molecule has 0 unspecified atom stereocenters. The number of thiophene rings is 1. The largest absolute Gasteiger partial charge is 0.206 e. The van der Waals surface area contributed by atoms with Gasteiger partial charge in [0, 0.05) is 4.88 Å². The monoisotopic (exact) mass is 256 g/mol. The zero-order chi connectivity index (χ0) is 9.26. The summed E-state index contributed by atoms with van der Waals surface area (Å²) < 4.78 is 13.4. The van der Waals surface area contributed by atoms with E-state index in [-0.39, 0.29) is 5.82 Å². The molecular weight excluding hydrogens is 251 g/mol. The fraction of sp³-hybridized carbons (Fsp3) is 0.